The Balaban J connectivity index is 1.94. The van der Waals surface area contributed by atoms with E-state index in [0.29, 0.717) is 18.2 Å². The van der Waals surface area contributed by atoms with Crippen LogP contribution in [-0.4, -0.2) is 29.9 Å². The van der Waals surface area contributed by atoms with Crippen molar-refractivity contribution in [3.8, 4) is 0 Å². The van der Waals surface area contributed by atoms with Crippen molar-refractivity contribution < 1.29 is 0 Å². The van der Waals surface area contributed by atoms with Crippen LogP contribution < -0.4 is 0 Å². The van der Waals surface area contributed by atoms with Crippen molar-refractivity contribution in [3.05, 3.63) is 70.1 Å². The number of thioether (sulfide) groups is 1. The summed E-state index contributed by atoms with van der Waals surface area (Å²) in [4.78, 5) is 1.30. The molecule has 7 heteroatoms. The smallest absolute Gasteiger partial charge is 0.180 e. The van der Waals surface area contributed by atoms with Crippen LogP contribution in [0.25, 0.3) is 10.9 Å². The third-order valence-corrected chi connectivity index (χ3v) is 6.71. The summed E-state index contributed by atoms with van der Waals surface area (Å²) in [6.07, 6.45) is 0.619. The number of nitrogens with one attached hydrogen (secondary N) is 1. The van der Waals surface area contributed by atoms with E-state index in [1.165, 1.54) is 32.6 Å². The Hall–Kier alpha value is -2.31. The molecule has 0 saturated heterocycles. The molecule has 5 nitrogen and oxygen atoms in total. The zero-order chi connectivity index (χ0) is 22.2. The lowest BCUT2D eigenvalue weighted by Crippen LogP contribution is -2.10. The number of hydrogen-bond acceptors (Lipinski definition) is 4. The molecule has 2 aromatic carbocycles. The van der Waals surface area contributed by atoms with Crippen LogP contribution in [0.1, 0.15) is 63.2 Å². The Labute approximate surface area is 192 Å². The molecule has 0 aliphatic carbocycles. The van der Waals surface area contributed by atoms with Crippen molar-refractivity contribution in [2.45, 2.75) is 63.1 Å². The average Bonchev–Trinajstić information content (AvgIpc) is 3.31. The summed E-state index contributed by atoms with van der Waals surface area (Å²) in [5.41, 5.74) is 4.99. The van der Waals surface area contributed by atoms with E-state index in [1.54, 1.807) is 0 Å². The van der Waals surface area contributed by atoms with Crippen LogP contribution in [0.4, 0.5) is 0 Å². The summed E-state index contributed by atoms with van der Waals surface area (Å²) in [5.74, 6) is 1.16. The molecular formula is C24H28ClN5S. The minimum absolute atomic E-state index is 0.0687. The first-order valence-corrected chi connectivity index (χ1v) is 11.7. The summed E-state index contributed by atoms with van der Waals surface area (Å²) < 4.78 is 2.46. The zero-order valence-corrected chi connectivity index (χ0v) is 20.2. The van der Waals surface area contributed by atoms with Crippen LogP contribution >= 0.6 is 23.4 Å². The van der Waals surface area contributed by atoms with Crippen LogP contribution in [0.2, 0.25) is 5.02 Å². The number of benzene rings is 2. The highest BCUT2D eigenvalue weighted by Gasteiger charge is 2.24. The first-order chi connectivity index (χ1) is 14.7. The van der Waals surface area contributed by atoms with Gasteiger partial charge in [-0.1, -0.05) is 69.6 Å². The Bertz CT molecular complexity index is 1170. The highest BCUT2D eigenvalue weighted by molar-refractivity contribution is 8.00. The molecule has 4 aromatic rings. The number of aromatic amines is 1. The normalized spacial score (nSPS) is 12.2. The fourth-order valence-electron chi connectivity index (χ4n) is 3.71. The lowest BCUT2D eigenvalue weighted by molar-refractivity contribution is 0.753. The molecule has 0 bridgehead atoms. The molecule has 0 unspecified atom stereocenters. The van der Waals surface area contributed by atoms with Crippen molar-refractivity contribution in [2.75, 3.05) is 0 Å². The van der Waals surface area contributed by atoms with Gasteiger partial charge in [-0.05, 0) is 41.3 Å². The predicted molar refractivity (Wildman–Crippen MR) is 129 cm³/mol. The molecule has 0 atom stereocenters. The second kappa shape index (κ2) is 8.67. The maximum absolute atomic E-state index is 6.12. The Morgan fingerprint density at radius 2 is 1.84 bits per heavy atom. The van der Waals surface area contributed by atoms with E-state index in [-0.39, 0.29) is 4.75 Å². The van der Waals surface area contributed by atoms with Gasteiger partial charge in [-0.25, -0.2) is 0 Å². The molecule has 1 N–H and O–H groups in total. The molecule has 0 aliphatic rings. The number of nitrogens with zero attached hydrogens (tertiary/aromatic N) is 4. The van der Waals surface area contributed by atoms with E-state index in [4.69, 9.17) is 11.6 Å². The van der Waals surface area contributed by atoms with Gasteiger partial charge in [0.05, 0.1) is 6.42 Å². The van der Waals surface area contributed by atoms with Crippen LogP contribution in [0.3, 0.4) is 0 Å². The SMILES string of the molecule is CC(C)c1ccc2c(c1)c(SC(C)(C)C)c(Cc1nn[nH]n1)n2Cc1ccc(Cl)cc1. The van der Waals surface area contributed by atoms with E-state index in [2.05, 4.69) is 90.1 Å². The van der Waals surface area contributed by atoms with Crippen molar-refractivity contribution in [1.82, 2.24) is 25.2 Å². The standard InChI is InChI=1S/C24H28ClN5S/c1-15(2)17-8-11-20-19(12-17)23(31-24(3,4)5)21(13-22-26-28-29-27-22)30(20)14-16-6-9-18(25)10-7-16/h6-12,15H,13-14H2,1-5H3,(H,26,27,28,29). The molecule has 162 valence electrons. The number of hydrogen-bond donors (Lipinski definition) is 1. The summed E-state index contributed by atoms with van der Waals surface area (Å²) in [7, 11) is 0. The topological polar surface area (TPSA) is 59.4 Å². The molecule has 0 spiro atoms. The predicted octanol–water partition coefficient (Wildman–Crippen LogP) is 6.46. The monoisotopic (exact) mass is 453 g/mol. The Morgan fingerprint density at radius 3 is 2.45 bits per heavy atom. The lowest BCUT2D eigenvalue weighted by atomic mass is 10.0. The number of halogens is 1. The van der Waals surface area contributed by atoms with E-state index < -0.39 is 0 Å². The first-order valence-electron chi connectivity index (χ1n) is 10.5. The van der Waals surface area contributed by atoms with E-state index >= 15 is 0 Å². The van der Waals surface area contributed by atoms with Crippen LogP contribution in [0.5, 0.6) is 0 Å². The molecular weight excluding hydrogens is 426 g/mol. The number of aromatic nitrogens is 5. The molecule has 0 fully saturated rings. The first kappa shape index (κ1) is 21.9. The van der Waals surface area contributed by atoms with Gasteiger partial charge in [0, 0.05) is 37.8 Å². The third kappa shape index (κ3) is 4.96. The summed E-state index contributed by atoms with van der Waals surface area (Å²) in [6.45, 7) is 12.0. The second-order valence-electron chi connectivity index (χ2n) is 9.14. The van der Waals surface area contributed by atoms with E-state index in [9.17, 15) is 0 Å². The van der Waals surface area contributed by atoms with Gasteiger partial charge in [0.15, 0.2) is 5.82 Å². The molecule has 2 aromatic heterocycles. The quantitative estimate of drug-likeness (QED) is 0.340. The molecule has 0 saturated carbocycles. The zero-order valence-electron chi connectivity index (χ0n) is 18.6. The molecule has 2 heterocycles. The van der Waals surface area contributed by atoms with Crippen molar-refractivity contribution in [3.63, 3.8) is 0 Å². The number of H-pyrrole nitrogens is 1. The minimum atomic E-state index is 0.0687. The molecule has 0 aliphatic heterocycles. The van der Waals surface area contributed by atoms with Gasteiger partial charge in [0.2, 0.25) is 0 Å². The molecule has 0 radical (unpaired) electrons. The van der Waals surface area contributed by atoms with Gasteiger partial charge < -0.3 is 4.57 Å². The van der Waals surface area contributed by atoms with Crippen molar-refractivity contribution in [1.29, 1.82) is 0 Å². The molecule has 31 heavy (non-hydrogen) atoms. The van der Waals surface area contributed by atoms with Gasteiger partial charge in [0.1, 0.15) is 0 Å². The maximum atomic E-state index is 6.12. The summed E-state index contributed by atoms with van der Waals surface area (Å²) >= 11 is 8.03. The summed E-state index contributed by atoms with van der Waals surface area (Å²) in [6, 6.07) is 14.9. The van der Waals surface area contributed by atoms with Gasteiger partial charge in [-0.3, -0.25) is 0 Å². The van der Waals surface area contributed by atoms with Gasteiger partial charge in [-0.15, -0.1) is 22.0 Å². The minimum Gasteiger partial charge on any atom is -0.339 e. The van der Waals surface area contributed by atoms with Crippen molar-refractivity contribution in [2.24, 2.45) is 0 Å². The van der Waals surface area contributed by atoms with Gasteiger partial charge in [-0.2, -0.15) is 5.21 Å². The van der Waals surface area contributed by atoms with E-state index in [0.717, 1.165) is 11.6 Å². The maximum Gasteiger partial charge on any atom is 0.180 e. The largest absolute Gasteiger partial charge is 0.339 e. The second-order valence-corrected chi connectivity index (χ2v) is 11.4. The number of rotatable bonds is 6. The molecule has 4 rings (SSSR count). The Morgan fingerprint density at radius 1 is 1.10 bits per heavy atom. The lowest BCUT2D eigenvalue weighted by Gasteiger charge is -2.19. The average molecular weight is 454 g/mol. The number of fused-ring (bicyclic) bond motifs is 1. The fraction of sp³-hybridized carbons (Fsp3) is 0.375. The summed E-state index contributed by atoms with van der Waals surface area (Å²) in [5, 5.41) is 16.9. The Kier molecular flexibility index (Phi) is 6.13. The highest BCUT2D eigenvalue weighted by atomic mass is 35.5. The van der Waals surface area contributed by atoms with Gasteiger partial charge in [0.25, 0.3) is 0 Å². The van der Waals surface area contributed by atoms with Crippen LogP contribution in [-0.2, 0) is 13.0 Å². The highest BCUT2D eigenvalue weighted by Crippen LogP contribution is 2.42. The van der Waals surface area contributed by atoms with Gasteiger partial charge >= 0.3 is 0 Å². The fourth-order valence-corrected chi connectivity index (χ4v) is 5.02. The molecule has 0 amide bonds. The number of tetrazole rings is 1. The van der Waals surface area contributed by atoms with E-state index in [1.807, 2.05) is 23.9 Å². The van der Waals surface area contributed by atoms with Crippen LogP contribution in [0, 0.1) is 0 Å². The van der Waals surface area contributed by atoms with Crippen LogP contribution in [0.15, 0.2) is 47.4 Å². The third-order valence-electron chi connectivity index (χ3n) is 5.19. The van der Waals surface area contributed by atoms with Crippen molar-refractivity contribution >= 4 is 34.3 Å².